The summed E-state index contributed by atoms with van der Waals surface area (Å²) in [7, 11) is 0. The maximum Gasteiger partial charge on any atom is 0.329 e. The summed E-state index contributed by atoms with van der Waals surface area (Å²) in [5.41, 5.74) is 1.66. The highest BCUT2D eigenvalue weighted by molar-refractivity contribution is 6.32. The number of pyridine rings is 1. The van der Waals surface area contributed by atoms with Gasteiger partial charge in [-0.2, -0.15) is 0 Å². The minimum absolute atomic E-state index is 0.119. The molecule has 0 saturated heterocycles. The van der Waals surface area contributed by atoms with Crippen molar-refractivity contribution in [2.45, 2.75) is 25.7 Å². The molecule has 1 aromatic rings. The van der Waals surface area contributed by atoms with Crippen LogP contribution in [0.3, 0.4) is 0 Å². The predicted octanol–water partition coefficient (Wildman–Crippen LogP) is 1.88. The molecule has 0 aromatic carbocycles. The van der Waals surface area contributed by atoms with E-state index >= 15 is 0 Å². The summed E-state index contributed by atoms with van der Waals surface area (Å²) in [6.07, 6.45) is 3.47. The lowest BCUT2D eigenvalue weighted by atomic mass is 9.94. The summed E-state index contributed by atoms with van der Waals surface area (Å²) >= 11 is 5.82. The number of hydrogen-bond acceptors (Lipinski definition) is 5. The van der Waals surface area contributed by atoms with Crippen LogP contribution in [0.5, 0.6) is 0 Å². The smallest absolute Gasteiger partial charge is 0.329 e. The van der Waals surface area contributed by atoms with Crippen LogP contribution in [0.2, 0.25) is 5.15 Å². The lowest BCUT2D eigenvalue weighted by molar-refractivity contribution is -0.384. The molecule has 1 aromatic heterocycles. The van der Waals surface area contributed by atoms with Crippen LogP contribution >= 0.6 is 11.6 Å². The second kappa shape index (κ2) is 4.85. The Morgan fingerprint density at radius 3 is 2.82 bits per heavy atom. The quantitative estimate of drug-likeness (QED) is 0.374. The van der Waals surface area contributed by atoms with E-state index < -0.39 is 4.92 Å². The molecule has 0 radical (unpaired) electrons. The Bertz CT molecular complexity index is 465. The molecule has 2 rings (SSSR count). The number of nitrogens with zero attached hydrogens (tertiary/aromatic N) is 2. The fraction of sp³-hybridized carbons (Fsp3) is 0.500. The Morgan fingerprint density at radius 1 is 1.47 bits per heavy atom. The van der Waals surface area contributed by atoms with E-state index in [-0.39, 0.29) is 17.6 Å². The van der Waals surface area contributed by atoms with Gasteiger partial charge in [-0.3, -0.25) is 10.1 Å². The van der Waals surface area contributed by atoms with Crippen molar-refractivity contribution in [3.05, 3.63) is 26.5 Å². The molecule has 0 atom stereocenters. The molecule has 0 bridgehead atoms. The minimum Gasteiger partial charge on any atom is -0.377 e. The van der Waals surface area contributed by atoms with E-state index in [1.54, 1.807) is 0 Å². The molecule has 17 heavy (non-hydrogen) atoms. The van der Waals surface area contributed by atoms with Gasteiger partial charge in [-0.1, -0.05) is 11.6 Å². The fourth-order valence-electron chi connectivity index (χ4n) is 2.14. The van der Waals surface area contributed by atoms with E-state index in [0.717, 1.165) is 36.9 Å². The van der Waals surface area contributed by atoms with Gasteiger partial charge in [0.2, 0.25) is 5.15 Å². The van der Waals surface area contributed by atoms with Gasteiger partial charge in [-0.15, -0.1) is 0 Å². The second-order valence-electron chi connectivity index (χ2n) is 3.85. The highest BCUT2D eigenvalue weighted by Crippen LogP contribution is 2.38. The summed E-state index contributed by atoms with van der Waals surface area (Å²) in [6.45, 7) is -0.367. The van der Waals surface area contributed by atoms with E-state index in [9.17, 15) is 10.1 Å². The number of anilines is 1. The molecule has 1 aliphatic carbocycles. The average molecular weight is 258 g/mol. The zero-order chi connectivity index (χ0) is 12.4. The van der Waals surface area contributed by atoms with E-state index in [1.165, 1.54) is 0 Å². The Balaban J connectivity index is 2.62. The van der Waals surface area contributed by atoms with Crippen molar-refractivity contribution in [3.8, 4) is 0 Å². The first-order valence-electron chi connectivity index (χ1n) is 5.35. The van der Waals surface area contributed by atoms with Crippen LogP contribution in [-0.2, 0) is 12.8 Å². The lowest BCUT2D eigenvalue weighted by Crippen LogP contribution is -2.13. The fourth-order valence-corrected chi connectivity index (χ4v) is 2.40. The van der Waals surface area contributed by atoms with Gasteiger partial charge in [-0.05, 0) is 25.7 Å². The summed E-state index contributed by atoms with van der Waals surface area (Å²) in [4.78, 5) is 14.5. The van der Waals surface area contributed by atoms with Gasteiger partial charge >= 0.3 is 5.69 Å². The molecule has 7 heteroatoms. The number of aliphatic hydroxyl groups excluding tert-OH is 1. The Labute approximate surface area is 103 Å². The van der Waals surface area contributed by atoms with Crippen molar-refractivity contribution in [3.63, 3.8) is 0 Å². The zero-order valence-electron chi connectivity index (χ0n) is 9.07. The zero-order valence-corrected chi connectivity index (χ0v) is 9.83. The molecule has 6 nitrogen and oxygen atoms in total. The number of nitrogens with one attached hydrogen (secondary N) is 1. The van der Waals surface area contributed by atoms with Crippen molar-refractivity contribution in [1.82, 2.24) is 4.98 Å². The van der Waals surface area contributed by atoms with E-state index in [0.29, 0.717) is 5.69 Å². The Morgan fingerprint density at radius 2 is 2.18 bits per heavy atom. The predicted molar refractivity (Wildman–Crippen MR) is 63.3 cm³/mol. The van der Waals surface area contributed by atoms with E-state index in [4.69, 9.17) is 16.7 Å². The molecular formula is C10H12ClN3O3. The lowest BCUT2D eigenvalue weighted by Gasteiger charge is -2.19. The van der Waals surface area contributed by atoms with Crippen LogP contribution < -0.4 is 5.32 Å². The van der Waals surface area contributed by atoms with Crippen LogP contribution in [0.4, 0.5) is 11.4 Å². The molecule has 0 saturated carbocycles. The number of fused-ring (bicyclic) bond motifs is 1. The van der Waals surface area contributed by atoms with Crippen molar-refractivity contribution < 1.29 is 10.0 Å². The van der Waals surface area contributed by atoms with E-state index in [1.807, 2.05) is 0 Å². The summed E-state index contributed by atoms with van der Waals surface area (Å²) in [5, 5.41) is 22.4. The molecule has 1 aliphatic rings. The highest BCUT2D eigenvalue weighted by atomic mass is 35.5. The second-order valence-corrected chi connectivity index (χ2v) is 4.21. The van der Waals surface area contributed by atoms with Gasteiger partial charge < -0.3 is 10.4 Å². The summed E-state index contributed by atoms with van der Waals surface area (Å²) < 4.78 is 0. The normalized spacial score (nSPS) is 14.2. The third-order valence-electron chi connectivity index (χ3n) is 2.84. The molecule has 0 amide bonds. The third kappa shape index (κ3) is 2.18. The van der Waals surface area contributed by atoms with Crippen molar-refractivity contribution >= 4 is 23.0 Å². The maximum atomic E-state index is 11.0. The number of aromatic nitrogens is 1. The number of aliphatic hydroxyl groups is 1. The SMILES string of the molecule is O=[N+]([O-])c1c(Cl)nc2c(c1NCO)CCCC2. The largest absolute Gasteiger partial charge is 0.377 e. The molecule has 0 unspecified atom stereocenters. The first-order valence-corrected chi connectivity index (χ1v) is 5.73. The van der Waals surface area contributed by atoms with Gasteiger partial charge in [-0.25, -0.2) is 4.98 Å². The molecule has 1 heterocycles. The van der Waals surface area contributed by atoms with Crippen LogP contribution in [0.1, 0.15) is 24.1 Å². The Kier molecular flexibility index (Phi) is 3.44. The monoisotopic (exact) mass is 257 g/mol. The number of nitro groups is 1. The average Bonchev–Trinajstić information content (AvgIpc) is 2.28. The van der Waals surface area contributed by atoms with Gasteiger partial charge in [0.25, 0.3) is 0 Å². The molecule has 92 valence electrons. The molecule has 0 aliphatic heterocycles. The topological polar surface area (TPSA) is 88.3 Å². The van der Waals surface area contributed by atoms with E-state index in [2.05, 4.69) is 10.3 Å². The van der Waals surface area contributed by atoms with Crippen LogP contribution in [-0.4, -0.2) is 21.7 Å². The number of rotatable bonds is 3. The maximum absolute atomic E-state index is 11.0. The van der Waals surface area contributed by atoms with Gasteiger partial charge in [0.05, 0.1) is 4.92 Å². The highest BCUT2D eigenvalue weighted by Gasteiger charge is 2.27. The van der Waals surface area contributed by atoms with Gasteiger partial charge in [0.1, 0.15) is 12.4 Å². The van der Waals surface area contributed by atoms with Crippen LogP contribution in [0.25, 0.3) is 0 Å². The van der Waals surface area contributed by atoms with Crippen molar-refractivity contribution in [2.24, 2.45) is 0 Å². The third-order valence-corrected chi connectivity index (χ3v) is 3.11. The molecule has 2 N–H and O–H groups in total. The first kappa shape index (κ1) is 12.1. The molecule has 0 fully saturated rings. The number of hydrogen-bond donors (Lipinski definition) is 2. The number of halogens is 1. The minimum atomic E-state index is -0.567. The van der Waals surface area contributed by atoms with Crippen molar-refractivity contribution in [2.75, 3.05) is 12.0 Å². The molecule has 0 spiro atoms. The molecular weight excluding hydrogens is 246 g/mol. The summed E-state index contributed by atoms with van der Waals surface area (Å²) in [6, 6.07) is 0. The van der Waals surface area contributed by atoms with Gasteiger partial charge in [0, 0.05) is 11.3 Å². The first-order chi connectivity index (χ1) is 8.15. The van der Waals surface area contributed by atoms with Crippen LogP contribution in [0.15, 0.2) is 0 Å². The standard InChI is InChI=1S/C10H12ClN3O3/c11-10-9(14(16)17)8(12-5-15)6-3-1-2-4-7(6)13-10/h15H,1-5H2,(H,12,13). The van der Waals surface area contributed by atoms with Gasteiger partial charge in [0.15, 0.2) is 0 Å². The summed E-state index contributed by atoms with van der Waals surface area (Å²) in [5.74, 6) is 0. The Hall–Kier alpha value is -1.40. The number of aryl methyl sites for hydroxylation is 1. The van der Waals surface area contributed by atoms with Crippen molar-refractivity contribution in [1.29, 1.82) is 0 Å². The van der Waals surface area contributed by atoms with Crippen LogP contribution in [0, 0.1) is 10.1 Å².